The Hall–Kier alpha value is -0.0800. The lowest BCUT2D eigenvalue weighted by atomic mass is 10.3. The lowest BCUT2D eigenvalue weighted by molar-refractivity contribution is 0.102. The van der Waals surface area contributed by atoms with Crippen molar-refractivity contribution in [2.24, 2.45) is 0 Å². The molecule has 2 unspecified atom stereocenters. The summed E-state index contributed by atoms with van der Waals surface area (Å²) < 4.78 is 5.50. The van der Waals surface area contributed by atoms with E-state index in [4.69, 9.17) is 4.74 Å². The highest BCUT2D eigenvalue weighted by Gasteiger charge is 2.41. The van der Waals surface area contributed by atoms with E-state index >= 15 is 0 Å². The molecule has 2 heteroatoms. The number of hydrogen-bond donors (Lipinski definition) is 0. The van der Waals surface area contributed by atoms with E-state index < -0.39 is 0 Å². The van der Waals surface area contributed by atoms with Gasteiger partial charge in [0, 0.05) is 18.7 Å². The van der Waals surface area contributed by atoms with Gasteiger partial charge in [-0.05, 0) is 34.2 Å². The average Bonchev–Trinajstić information content (AvgIpc) is 2.67. The molecule has 0 aromatic heterocycles. The van der Waals surface area contributed by atoms with Gasteiger partial charge in [0.25, 0.3) is 0 Å². The van der Waals surface area contributed by atoms with Gasteiger partial charge in [0.2, 0.25) is 0 Å². The maximum absolute atomic E-state index is 5.50. The van der Waals surface area contributed by atoms with Crippen LogP contribution in [-0.4, -0.2) is 36.7 Å². The summed E-state index contributed by atoms with van der Waals surface area (Å²) in [4.78, 5) is 2.39. The summed E-state index contributed by atoms with van der Waals surface area (Å²) in [6, 6.07) is 1.33. The third kappa shape index (κ3) is 2.17. The van der Waals surface area contributed by atoms with Crippen LogP contribution in [0.2, 0.25) is 0 Å². The highest BCUT2D eigenvalue weighted by atomic mass is 16.5. The fraction of sp³-hybridized carbons (Fsp3) is 1.00. The van der Waals surface area contributed by atoms with Crippen molar-refractivity contribution in [2.45, 2.75) is 45.4 Å². The van der Waals surface area contributed by atoms with E-state index in [0.29, 0.717) is 18.2 Å². The molecule has 0 radical (unpaired) electrons. The van der Waals surface area contributed by atoms with Crippen LogP contribution in [0.25, 0.3) is 0 Å². The first-order chi connectivity index (χ1) is 5.16. The van der Waals surface area contributed by atoms with E-state index in [1.165, 1.54) is 6.42 Å². The first-order valence-corrected chi connectivity index (χ1v) is 4.50. The van der Waals surface area contributed by atoms with Gasteiger partial charge in [-0.2, -0.15) is 0 Å². The summed E-state index contributed by atoms with van der Waals surface area (Å²) in [5, 5.41) is 0. The smallest absolute Gasteiger partial charge is 0.0746 e. The molecule has 2 atom stereocenters. The van der Waals surface area contributed by atoms with E-state index in [0.717, 1.165) is 6.61 Å². The van der Waals surface area contributed by atoms with Crippen molar-refractivity contribution >= 4 is 0 Å². The number of ether oxygens (including phenoxy) is 1. The normalized spacial score (nSPS) is 30.0. The van der Waals surface area contributed by atoms with Gasteiger partial charge in [-0.3, -0.25) is 4.90 Å². The van der Waals surface area contributed by atoms with Crippen molar-refractivity contribution in [2.75, 3.05) is 13.7 Å². The zero-order valence-corrected chi connectivity index (χ0v) is 8.00. The molecule has 66 valence electrons. The summed E-state index contributed by atoms with van der Waals surface area (Å²) in [5.74, 6) is 0. The number of rotatable bonds is 4. The highest BCUT2D eigenvalue weighted by molar-refractivity contribution is 4.96. The second-order valence-corrected chi connectivity index (χ2v) is 3.56. The summed E-state index contributed by atoms with van der Waals surface area (Å²) in [5.41, 5.74) is 0. The summed E-state index contributed by atoms with van der Waals surface area (Å²) in [6.07, 6.45) is 1.75. The van der Waals surface area contributed by atoms with Crippen molar-refractivity contribution in [1.82, 2.24) is 4.90 Å². The minimum Gasteiger partial charge on any atom is -0.377 e. The van der Waals surface area contributed by atoms with Crippen molar-refractivity contribution in [3.8, 4) is 0 Å². The molecule has 11 heavy (non-hydrogen) atoms. The first kappa shape index (κ1) is 9.01. The van der Waals surface area contributed by atoms with Crippen LogP contribution in [-0.2, 0) is 4.74 Å². The molecular weight excluding hydrogens is 138 g/mol. The minimum atomic E-state index is 0.521. The van der Waals surface area contributed by atoms with E-state index in [2.05, 4.69) is 32.7 Å². The maximum Gasteiger partial charge on any atom is 0.0746 e. The van der Waals surface area contributed by atoms with Crippen LogP contribution < -0.4 is 0 Å². The number of hydrogen-bond acceptors (Lipinski definition) is 2. The van der Waals surface area contributed by atoms with Gasteiger partial charge < -0.3 is 4.74 Å². The van der Waals surface area contributed by atoms with Gasteiger partial charge >= 0.3 is 0 Å². The number of likely N-dealkylation sites (N-methyl/N-ethyl adjacent to an activating group) is 1. The summed E-state index contributed by atoms with van der Waals surface area (Å²) in [6.45, 7) is 7.36. The molecule has 0 bridgehead atoms. The molecule has 1 rings (SSSR count). The van der Waals surface area contributed by atoms with Crippen molar-refractivity contribution in [1.29, 1.82) is 0 Å². The SMILES string of the molecule is CCOC1CC1N(C)C(C)C. The molecule has 2 nitrogen and oxygen atoms in total. The van der Waals surface area contributed by atoms with Gasteiger partial charge in [-0.15, -0.1) is 0 Å². The summed E-state index contributed by atoms with van der Waals surface area (Å²) >= 11 is 0. The Morgan fingerprint density at radius 3 is 2.64 bits per heavy atom. The average molecular weight is 157 g/mol. The molecule has 1 aliphatic rings. The fourth-order valence-corrected chi connectivity index (χ4v) is 1.36. The van der Waals surface area contributed by atoms with Crippen LogP contribution in [0.5, 0.6) is 0 Å². The molecule has 0 heterocycles. The predicted molar refractivity (Wildman–Crippen MR) is 46.7 cm³/mol. The van der Waals surface area contributed by atoms with Gasteiger partial charge in [0.05, 0.1) is 6.10 Å². The van der Waals surface area contributed by atoms with Gasteiger partial charge in [0.1, 0.15) is 0 Å². The Kier molecular flexibility index (Phi) is 2.90. The Bertz CT molecular complexity index is 125. The fourth-order valence-electron chi connectivity index (χ4n) is 1.36. The van der Waals surface area contributed by atoms with E-state index in [1.54, 1.807) is 0 Å². The van der Waals surface area contributed by atoms with Crippen LogP contribution in [0.1, 0.15) is 27.2 Å². The van der Waals surface area contributed by atoms with Crippen LogP contribution in [0, 0.1) is 0 Å². The molecule has 1 aliphatic carbocycles. The molecule has 0 aromatic rings. The summed E-state index contributed by atoms with van der Waals surface area (Å²) in [7, 11) is 2.17. The van der Waals surface area contributed by atoms with Crippen LogP contribution in [0.15, 0.2) is 0 Å². The zero-order valence-electron chi connectivity index (χ0n) is 8.00. The van der Waals surface area contributed by atoms with Crippen LogP contribution >= 0.6 is 0 Å². The van der Waals surface area contributed by atoms with Crippen molar-refractivity contribution in [3.05, 3.63) is 0 Å². The third-order valence-electron chi connectivity index (χ3n) is 2.42. The Morgan fingerprint density at radius 1 is 1.55 bits per heavy atom. The Morgan fingerprint density at radius 2 is 2.18 bits per heavy atom. The lowest BCUT2D eigenvalue weighted by Crippen LogP contribution is -2.30. The molecule has 0 aromatic carbocycles. The first-order valence-electron chi connectivity index (χ1n) is 4.50. The largest absolute Gasteiger partial charge is 0.377 e. The van der Waals surface area contributed by atoms with E-state index in [1.807, 2.05) is 0 Å². The van der Waals surface area contributed by atoms with E-state index in [-0.39, 0.29) is 0 Å². The molecule has 1 saturated carbocycles. The van der Waals surface area contributed by atoms with E-state index in [9.17, 15) is 0 Å². The lowest BCUT2D eigenvalue weighted by Gasteiger charge is -2.20. The molecular formula is C9H19NO. The predicted octanol–water partition coefficient (Wildman–Crippen LogP) is 1.50. The Balaban J connectivity index is 2.20. The number of nitrogens with zero attached hydrogens (tertiary/aromatic N) is 1. The van der Waals surface area contributed by atoms with Gasteiger partial charge in [-0.25, -0.2) is 0 Å². The second-order valence-electron chi connectivity index (χ2n) is 3.56. The van der Waals surface area contributed by atoms with Crippen molar-refractivity contribution < 1.29 is 4.74 Å². The maximum atomic E-state index is 5.50. The molecule has 0 spiro atoms. The van der Waals surface area contributed by atoms with Crippen molar-refractivity contribution in [3.63, 3.8) is 0 Å². The molecule has 0 saturated heterocycles. The molecule has 1 fully saturated rings. The third-order valence-corrected chi connectivity index (χ3v) is 2.42. The second kappa shape index (κ2) is 3.55. The monoisotopic (exact) mass is 157 g/mol. The standard InChI is InChI=1S/C9H19NO/c1-5-11-9-6-8(9)10(4)7(2)3/h7-9H,5-6H2,1-4H3. The van der Waals surface area contributed by atoms with Crippen LogP contribution in [0.4, 0.5) is 0 Å². The molecule has 0 N–H and O–H groups in total. The minimum absolute atomic E-state index is 0.521. The molecule has 0 aliphatic heterocycles. The topological polar surface area (TPSA) is 12.5 Å². The van der Waals surface area contributed by atoms with Gasteiger partial charge in [-0.1, -0.05) is 0 Å². The van der Waals surface area contributed by atoms with Crippen LogP contribution in [0.3, 0.4) is 0 Å². The highest BCUT2D eigenvalue weighted by Crippen LogP contribution is 2.31. The Labute approximate surface area is 69.5 Å². The van der Waals surface area contributed by atoms with Gasteiger partial charge in [0.15, 0.2) is 0 Å². The molecule has 0 amide bonds. The zero-order chi connectivity index (χ0) is 8.43. The quantitative estimate of drug-likeness (QED) is 0.613.